The molecule has 4 rings (SSSR count). The Labute approximate surface area is 157 Å². The van der Waals surface area contributed by atoms with Gasteiger partial charge >= 0.3 is 0 Å². The van der Waals surface area contributed by atoms with Crippen molar-refractivity contribution in [3.8, 4) is 11.5 Å². The molecular weight excluding hydrogens is 344 g/mol. The van der Waals surface area contributed by atoms with Crippen molar-refractivity contribution in [3.05, 3.63) is 58.8 Å². The van der Waals surface area contributed by atoms with Crippen LogP contribution in [0, 0.1) is 13.8 Å². The molecule has 2 heterocycles. The monoisotopic (exact) mass is 364 g/mol. The van der Waals surface area contributed by atoms with Gasteiger partial charge in [-0.25, -0.2) is 0 Å². The predicted octanol–water partition coefficient (Wildman–Crippen LogP) is 3.24. The molecule has 2 aliphatic rings. The minimum Gasteiger partial charge on any atom is -0.454 e. The van der Waals surface area contributed by atoms with Crippen LogP contribution in [0.25, 0.3) is 5.57 Å². The highest BCUT2D eigenvalue weighted by Gasteiger charge is 2.38. The number of likely N-dealkylation sites (N-methyl/N-ethyl adjacent to an activating group) is 1. The summed E-state index contributed by atoms with van der Waals surface area (Å²) in [4.78, 5) is 27.1. The van der Waals surface area contributed by atoms with E-state index in [0.717, 1.165) is 16.7 Å². The standard InChI is InChI=1S/C21H20N2O4/c1-4-23-20(24)18(15-7-5-12(2)9-13(15)3)19(21(23)25)22-14-6-8-16-17(10-14)27-11-26-16/h5-10,22H,4,11H2,1-3H3. The molecule has 0 atom stereocenters. The van der Waals surface area contributed by atoms with E-state index < -0.39 is 0 Å². The fourth-order valence-electron chi connectivity index (χ4n) is 3.44. The molecule has 1 N–H and O–H groups in total. The van der Waals surface area contributed by atoms with E-state index in [2.05, 4.69) is 5.32 Å². The Hall–Kier alpha value is -3.28. The van der Waals surface area contributed by atoms with Gasteiger partial charge in [-0.05, 0) is 44.0 Å². The lowest BCUT2D eigenvalue weighted by Gasteiger charge is -2.12. The van der Waals surface area contributed by atoms with E-state index in [4.69, 9.17) is 9.47 Å². The summed E-state index contributed by atoms with van der Waals surface area (Å²) < 4.78 is 10.7. The van der Waals surface area contributed by atoms with Crippen molar-refractivity contribution >= 4 is 23.1 Å². The molecule has 138 valence electrons. The van der Waals surface area contributed by atoms with Gasteiger partial charge in [0.05, 0.1) is 5.57 Å². The van der Waals surface area contributed by atoms with Crippen molar-refractivity contribution in [2.75, 3.05) is 18.7 Å². The number of rotatable bonds is 4. The Bertz CT molecular complexity index is 994. The molecule has 6 nitrogen and oxygen atoms in total. The third kappa shape index (κ3) is 2.83. The maximum atomic E-state index is 12.9. The summed E-state index contributed by atoms with van der Waals surface area (Å²) in [6.45, 7) is 6.23. The number of aryl methyl sites for hydroxylation is 2. The van der Waals surface area contributed by atoms with E-state index in [0.29, 0.717) is 29.3 Å². The molecule has 2 aromatic rings. The maximum Gasteiger partial charge on any atom is 0.278 e. The third-order valence-corrected chi connectivity index (χ3v) is 4.78. The van der Waals surface area contributed by atoms with Crippen LogP contribution in [0.15, 0.2) is 42.1 Å². The summed E-state index contributed by atoms with van der Waals surface area (Å²) in [6.07, 6.45) is 0. The molecule has 2 amide bonds. The van der Waals surface area contributed by atoms with Gasteiger partial charge in [-0.1, -0.05) is 23.8 Å². The van der Waals surface area contributed by atoms with Crippen LogP contribution in [0.3, 0.4) is 0 Å². The molecule has 0 saturated carbocycles. The average Bonchev–Trinajstić information content (AvgIpc) is 3.19. The average molecular weight is 364 g/mol. The van der Waals surface area contributed by atoms with Gasteiger partial charge in [-0.3, -0.25) is 14.5 Å². The summed E-state index contributed by atoms with van der Waals surface area (Å²) in [5.74, 6) is 0.666. The number of carbonyl (C=O) groups is 2. The Morgan fingerprint density at radius 3 is 2.52 bits per heavy atom. The zero-order valence-electron chi connectivity index (χ0n) is 15.5. The lowest BCUT2D eigenvalue weighted by Crippen LogP contribution is -2.32. The van der Waals surface area contributed by atoms with E-state index in [1.54, 1.807) is 25.1 Å². The number of fused-ring (bicyclic) bond motifs is 1. The largest absolute Gasteiger partial charge is 0.454 e. The first-order valence-electron chi connectivity index (χ1n) is 8.84. The van der Waals surface area contributed by atoms with E-state index in [1.165, 1.54) is 4.90 Å². The number of ether oxygens (including phenoxy) is 2. The van der Waals surface area contributed by atoms with Crippen molar-refractivity contribution in [2.24, 2.45) is 0 Å². The molecule has 0 radical (unpaired) electrons. The van der Waals surface area contributed by atoms with Crippen LogP contribution in [-0.2, 0) is 9.59 Å². The highest BCUT2D eigenvalue weighted by atomic mass is 16.7. The SMILES string of the molecule is CCN1C(=O)C(Nc2ccc3c(c2)OCO3)=C(c2ccc(C)cc2C)C1=O. The number of hydrogen-bond donors (Lipinski definition) is 1. The molecule has 0 aromatic heterocycles. The van der Waals surface area contributed by atoms with Crippen LogP contribution in [0.1, 0.15) is 23.6 Å². The second-order valence-electron chi connectivity index (χ2n) is 6.62. The second kappa shape index (κ2) is 6.46. The minimum atomic E-state index is -0.324. The van der Waals surface area contributed by atoms with Crippen LogP contribution in [0.2, 0.25) is 0 Å². The molecule has 0 saturated heterocycles. The van der Waals surface area contributed by atoms with Gasteiger partial charge < -0.3 is 14.8 Å². The van der Waals surface area contributed by atoms with Crippen LogP contribution in [-0.4, -0.2) is 30.1 Å². The Morgan fingerprint density at radius 2 is 1.78 bits per heavy atom. The third-order valence-electron chi connectivity index (χ3n) is 4.78. The van der Waals surface area contributed by atoms with Gasteiger partial charge in [0.1, 0.15) is 5.70 Å². The van der Waals surface area contributed by atoms with Gasteiger partial charge in [-0.2, -0.15) is 0 Å². The minimum absolute atomic E-state index is 0.177. The number of benzene rings is 2. The number of carbonyl (C=O) groups excluding carboxylic acids is 2. The number of amides is 2. The first-order chi connectivity index (χ1) is 13.0. The summed E-state index contributed by atoms with van der Waals surface area (Å²) in [5.41, 5.74) is 4.17. The van der Waals surface area contributed by atoms with Gasteiger partial charge in [-0.15, -0.1) is 0 Å². The van der Waals surface area contributed by atoms with Gasteiger partial charge in [0, 0.05) is 18.3 Å². The van der Waals surface area contributed by atoms with Crippen molar-refractivity contribution < 1.29 is 19.1 Å². The summed E-state index contributed by atoms with van der Waals surface area (Å²) in [7, 11) is 0. The molecule has 0 fully saturated rings. The molecule has 0 aliphatic carbocycles. The number of anilines is 1. The predicted molar refractivity (Wildman–Crippen MR) is 101 cm³/mol. The van der Waals surface area contributed by atoms with Crippen LogP contribution in [0.4, 0.5) is 5.69 Å². The molecule has 0 bridgehead atoms. The van der Waals surface area contributed by atoms with Crippen LogP contribution < -0.4 is 14.8 Å². The van der Waals surface area contributed by atoms with Crippen molar-refractivity contribution in [2.45, 2.75) is 20.8 Å². The van der Waals surface area contributed by atoms with Crippen molar-refractivity contribution in [3.63, 3.8) is 0 Å². The quantitative estimate of drug-likeness (QED) is 0.844. The van der Waals surface area contributed by atoms with Crippen molar-refractivity contribution in [1.29, 1.82) is 0 Å². The smallest absolute Gasteiger partial charge is 0.278 e. The molecule has 0 unspecified atom stereocenters. The van der Waals surface area contributed by atoms with Gasteiger partial charge in [0.15, 0.2) is 11.5 Å². The van der Waals surface area contributed by atoms with Gasteiger partial charge in [0.25, 0.3) is 11.8 Å². The second-order valence-corrected chi connectivity index (χ2v) is 6.62. The van der Waals surface area contributed by atoms with E-state index in [1.807, 2.05) is 32.0 Å². The summed E-state index contributed by atoms with van der Waals surface area (Å²) in [6, 6.07) is 11.2. The zero-order valence-corrected chi connectivity index (χ0v) is 15.5. The first-order valence-corrected chi connectivity index (χ1v) is 8.84. The molecular formula is C21H20N2O4. The fourth-order valence-corrected chi connectivity index (χ4v) is 3.44. The topological polar surface area (TPSA) is 67.9 Å². The number of nitrogens with zero attached hydrogens (tertiary/aromatic N) is 1. The number of imide groups is 1. The lowest BCUT2D eigenvalue weighted by molar-refractivity contribution is -0.136. The molecule has 2 aromatic carbocycles. The van der Waals surface area contributed by atoms with Crippen LogP contribution in [0.5, 0.6) is 11.5 Å². The van der Waals surface area contributed by atoms with E-state index in [9.17, 15) is 9.59 Å². The summed E-state index contributed by atoms with van der Waals surface area (Å²) in [5, 5.41) is 3.14. The van der Waals surface area contributed by atoms with Gasteiger partial charge in [0.2, 0.25) is 6.79 Å². The normalized spacial score (nSPS) is 15.7. The maximum absolute atomic E-state index is 12.9. The Balaban J connectivity index is 1.80. The van der Waals surface area contributed by atoms with Crippen LogP contribution >= 0.6 is 0 Å². The van der Waals surface area contributed by atoms with E-state index in [-0.39, 0.29) is 24.3 Å². The Morgan fingerprint density at radius 1 is 1.00 bits per heavy atom. The fraction of sp³-hybridized carbons (Fsp3) is 0.238. The Kier molecular flexibility index (Phi) is 4.11. The van der Waals surface area contributed by atoms with Crippen molar-refractivity contribution in [1.82, 2.24) is 4.90 Å². The van der Waals surface area contributed by atoms with E-state index >= 15 is 0 Å². The number of nitrogens with one attached hydrogen (secondary N) is 1. The highest BCUT2D eigenvalue weighted by molar-refractivity contribution is 6.36. The molecule has 27 heavy (non-hydrogen) atoms. The molecule has 6 heteroatoms. The number of hydrogen-bond acceptors (Lipinski definition) is 5. The summed E-state index contributed by atoms with van der Waals surface area (Å²) >= 11 is 0. The first kappa shape index (κ1) is 17.1. The highest BCUT2D eigenvalue weighted by Crippen LogP contribution is 2.37. The zero-order chi connectivity index (χ0) is 19.1. The molecule has 0 spiro atoms. The lowest BCUT2D eigenvalue weighted by atomic mass is 9.97. The molecule has 2 aliphatic heterocycles.